The Morgan fingerprint density at radius 1 is 0.897 bits per heavy atom. The number of nitrogens with zero attached hydrogens (tertiary/aromatic N) is 2. The van der Waals surface area contributed by atoms with E-state index in [1.54, 1.807) is 4.57 Å². The molecule has 3 aromatic carbocycles. The van der Waals surface area contributed by atoms with Crippen LogP contribution < -0.4 is 10.9 Å². The monoisotopic (exact) mass is 381 g/mol. The highest BCUT2D eigenvalue weighted by Gasteiger charge is 2.18. The first-order valence-electron chi connectivity index (χ1n) is 9.70. The molecular weight excluding hydrogens is 358 g/mol. The molecule has 1 heterocycles. The van der Waals surface area contributed by atoms with Gasteiger partial charge in [0, 0.05) is 0 Å². The molecule has 29 heavy (non-hydrogen) atoms. The minimum Gasteiger partial charge on any atom is -0.311 e. The van der Waals surface area contributed by atoms with Crippen molar-refractivity contribution in [3.63, 3.8) is 0 Å². The van der Waals surface area contributed by atoms with Gasteiger partial charge >= 0.3 is 0 Å². The summed E-state index contributed by atoms with van der Waals surface area (Å²) in [7, 11) is 1.87. The number of aromatic nitrogens is 2. The van der Waals surface area contributed by atoms with Gasteiger partial charge in [0.05, 0.1) is 22.6 Å². The highest BCUT2D eigenvalue weighted by atomic mass is 16.1. The molecule has 0 saturated heterocycles. The van der Waals surface area contributed by atoms with Crippen molar-refractivity contribution < 1.29 is 0 Å². The van der Waals surface area contributed by atoms with Crippen LogP contribution in [-0.4, -0.2) is 16.6 Å². The number of para-hydroxylation sites is 1. The molecule has 1 N–H and O–H groups in total. The second kappa shape index (κ2) is 8.25. The van der Waals surface area contributed by atoms with Crippen molar-refractivity contribution in [2.24, 2.45) is 0 Å². The van der Waals surface area contributed by atoms with Crippen molar-refractivity contribution in [1.29, 1.82) is 0 Å². The average molecular weight is 381 g/mol. The van der Waals surface area contributed by atoms with Gasteiger partial charge in [-0.05, 0) is 43.3 Å². The minimum atomic E-state index is -0.0733. The summed E-state index contributed by atoms with van der Waals surface area (Å²) in [5.41, 5.74) is 3.39. The van der Waals surface area contributed by atoms with Crippen LogP contribution in [0.1, 0.15) is 29.9 Å². The van der Waals surface area contributed by atoms with Gasteiger partial charge in [0.25, 0.3) is 5.56 Å². The lowest BCUT2D eigenvalue weighted by Crippen LogP contribution is -2.29. The van der Waals surface area contributed by atoms with Crippen molar-refractivity contribution in [2.75, 3.05) is 7.05 Å². The molecule has 4 nitrogen and oxygen atoms in total. The van der Waals surface area contributed by atoms with Crippen LogP contribution >= 0.6 is 0 Å². The lowest BCUT2D eigenvalue weighted by Gasteiger charge is -2.18. The van der Waals surface area contributed by atoms with E-state index in [1.165, 1.54) is 0 Å². The predicted octanol–water partition coefficient (Wildman–Crippen LogP) is 4.84. The fourth-order valence-corrected chi connectivity index (χ4v) is 3.41. The van der Waals surface area contributed by atoms with Gasteiger partial charge < -0.3 is 5.32 Å². The van der Waals surface area contributed by atoms with Crippen molar-refractivity contribution in [3.8, 4) is 5.69 Å². The number of hydrogen-bond donors (Lipinski definition) is 1. The zero-order chi connectivity index (χ0) is 20.2. The molecule has 0 radical (unpaired) electrons. The number of rotatable bonds is 5. The van der Waals surface area contributed by atoms with Gasteiger partial charge in [-0.1, -0.05) is 72.8 Å². The molecule has 0 fully saturated rings. The molecule has 0 aliphatic heterocycles. The smallest absolute Gasteiger partial charge is 0.266 e. The minimum absolute atomic E-state index is 0.0633. The zero-order valence-corrected chi connectivity index (χ0v) is 16.5. The predicted molar refractivity (Wildman–Crippen MR) is 120 cm³/mol. The molecule has 0 aliphatic carbocycles. The second-order valence-electron chi connectivity index (χ2n) is 6.94. The largest absolute Gasteiger partial charge is 0.311 e. The average Bonchev–Trinajstić information content (AvgIpc) is 2.78. The Morgan fingerprint density at radius 3 is 2.28 bits per heavy atom. The number of fused-ring (bicyclic) bond motifs is 1. The first kappa shape index (κ1) is 18.8. The van der Waals surface area contributed by atoms with E-state index in [1.807, 2.05) is 105 Å². The Hall–Kier alpha value is -3.50. The Morgan fingerprint density at radius 2 is 1.59 bits per heavy atom. The Bertz CT molecular complexity index is 1210. The van der Waals surface area contributed by atoms with Crippen LogP contribution in [0.2, 0.25) is 0 Å². The van der Waals surface area contributed by atoms with Crippen LogP contribution in [-0.2, 0) is 0 Å². The fourth-order valence-electron chi connectivity index (χ4n) is 3.41. The summed E-state index contributed by atoms with van der Waals surface area (Å²) in [6.45, 7) is 2.01. The van der Waals surface area contributed by atoms with E-state index in [-0.39, 0.29) is 11.6 Å². The molecule has 0 aliphatic rings. The highest BCUT2D eigenvalue weighted by molar-refractivity contribution is 5.90. The quantitative estimate of drug-likeness (QED) is 0.503. The maximum absolute atomic E-state index is 13.7. The lowest BCUT2D eigenvalue weighted by molar-refractivity contribution is 0.589. The Kier molecular flexibility index (Phi) is 5.36. The SMILES string of the molecule is CNC(C)c1nc2cccc(/C=C/c3ccccc3)c2c(=O)n1-c1ccccc1. The van der Waals surface area contributed by atoms with Crippen LogP contribution in [0, 0.1) is 0 Å². The molecule has 0 saturated carbocycles. The van der Waals surface area contributed by atoms with E-state index in [9.17, 15) is 4.79 Å². The number of hydrogen-bond acceptors (Lipinski definition) is 3. The van der Waals surface area contributed by atoms with E-state index in [2.05, 4.69) is 5.32 Å². The van der Waals surface area contributed by atoms with Gasteiger partial charge in [-0.3, -0.25) is 9.36 Å². The van der Waals surface area contributed by atoms with Crippen LogP contribution in [0.4, 0.5) is 0 Å². The van der Waals surface area contributed by atoms with Crippen molar-refractivity contribution >= 4 is 23.1 Å². The summed E-state index contributed by atoms with van der Waals surface area (Å²) < 4.78 is 1.71. The third-order valence-corrected chi connectivity index (χ3v) is 5.05. The third-order valence-electron chi connectivity index (χ3n) is 5.05. The summed E-state index contributed by atoms with van der Waals surface area (Å²) in [5, 5.41) is 3.83. The summed E-state index contributed by atoms with van der Waals surface area (Å²) >= 11 is 0. The van der Waals surface area contributed by atoms with Gasteiger partial charge in [0.15, 0.2) is 0 Å². The van der Waals surface area contributed by atoms with Gasteiger partial charge in [0.1, 0.15) is 5.82 Å². The van der Waals surface area contributed by atoms with Gasteiger partial charge in [-0.15, -0.1) is 0 Å². The van der Waals surface area contributed by atoms with E-state index in [0.29, 0.717) is 16.7 Å². The van der Waals surface area contributed by atoms with Crippen LogP contribution in [0.3, 0.4) is 0 Å². The molecule has 4 aromatic rings. The first-order chi connectivity index (χ1) is 14.2. The molecule has 4 rings (SSSR count). The summed E-state index contributed by atoms with van der Waals surface area (Å²) in [5.74, 6) is 0.695. The molecule has 0 spiro atoms. The van der Waals surface area contributed by atoms with E-state index >= 15 is 0 Å². The van der Waals surface area contributed by atoms with Crippen molar-refractivity contribution in [1.82, 2.24) is 14.9 Å². The van der Waals surface area contributed by atoms with Gasteiger partial charge in [-0.2, -0.15) is 0 Å². The van der Waals surface area contributed by atoms with Crippen LogP contribution in [0.25, 0.3) is 28.7 Å². The Balaban J connectivity index is 1.97. The topological polar surface area (TPSA) is 46.9 Å². The third kappa shape index (κ3) is 3.75. The zero-order valence-electron chi connectivity index (χ0n) is 16.5. The van der Waals surface area contributed by atoms with Gasteiger partial charge in [-0.25, -0.2) is 4.98 Å². The van der Waals surface area contributed by atoms with Crippen molar-refractivity contribution in [2.45, 2.75) is 13.0 Å². The summed E-state index contributed by atoms with van der Waals surface area (Å²) in [4.78, 5) is 18.5. The summed E-state index contributed by atoms with van der Waals surface area (Å²) in [6, 6.07) is 25.5. The molecular formula is C25H23N3O. The van der Waals surface area contributed by atoms with E-state index < -0.39 is 0 Å². The molecule has 1 unspecified atom stereocenters. The molecule has 1 aromatic heterocycles. The standard InChI is InChI=1S/C25H23N3O/c1-18(26-2)24-27-22-15-9-12-20(17-16-19-10-5-3-6-11-19)23(22)25(29)28(24)21-13-7-4-8-14-21/h3-18,26H,1-2H3/b17-16+. The second-order valence-corrected chi connectivity index (χ2v) is 6.94. The van der Waals surface area contributed by atoms with Crippen LogP contribution in [0.15, 0.2) is 83.7 Å². The first-order valence-corrected chi connectivity index (χ1v) is 9.70. The van der Waals surface area contributed by atoms with E-state index in [4.69, 9.17) is 4.98 Å². The fraction of sp³-hybridized carbons (Fsp3) is 0.120. The molecule has 144 valence electrons. The van der Waals surface area contributed by atoms with E-state index in [0.717, 1.165) is 16.8 Å². The van der Waals surface area contributed by atoms with Gasteiger partial charge in [0.2, 0.25) is 0 Å². The molecule has 4 heteroatoms. The molecule has 0 bridgehead atoms. The lowest BCUT2D eigenvalue weighted by atomic mass is 10.1. The van der Waals surface area contributed by atoms with Crippen molar-refractivity contribution in [3.05, 3.63) is 106 Å². The Labute approximate surface area is 170 Å². The summed E-state index contributed by atoms with van der Waals surface area (Å²) in [6.07, 6.45) is 4.00. The molecule has 0 amide bonds. The normalized spacial score (nSPS) is 12.5. The number of nitrogens with one attached hydrogen (secondary N) is 1. The number of benzene rings is 3. The molecule has 1 atom stereocenters. The van der Waals surface area contributed by atoms with Crippen LogP contribution in [0.5, 0.6) is 0 Å². The highest BCUT2D eigenvalue weighted by Crippen LogP contribution is 2.21. The maximum atomic E-state index is 13.7. The maximum Gasteiger partial charge on any atom is 0.266 e.